The minimum Gasteiger partial charge on any atom is -0.491 e. The lowest BCUT2D eigenvalue weighted by Crippen LogP contribution is -2.44. The highest BCUT2D eigenvalue weighted by molar-refractivity contribution is 5.94. The molecule has 0 bridgehead atoms. The van der Waals surface area contributed by atoms with E-state index in [0.29, 0.717) is 24.3 Å². The molecule has 138 valence electrons. The van der Waals surface area contributed by atoms with E-state index < -0.39 is 11.7 Å². The number of aldehydes is 1. The van der Waals surface area contributed by atoms with E-state index in [1.807, 2.05) is 30.3 Å². The summed E-state index contributed by atoms with van der Waals surface area (Å²) < 4.78 is 5.37. The summed E-state index contributed by atoms with van der Waals surface area (Å²) in [6.45, 7) is 1.54. The number of hydrogen-bond acceptors (Lipinski definition) is 5. The van der Waals surface area contributed by atoms with Gasteiger partial charge in [0.05, 0.1) is 0 Å². The fourth-order valence-electron chi connectivity index (χ4n) is 2.19. The van der Waals surface area contributed by atoms with Crippen molar-refractivity contribution < 1.29 is 24.5 Å². The van der Waals surface area contributed by atoms with Crippen molar-refractivity contribution in [3.05, 3.63) is 65.7 Å². The number of aliphatic hydroxyl groups excluding tert-OH is 1. The number of hydrogen-bond donors (Lipinski definition) is 3. The van der Waals surface area contributed by atoms with Crippen LogP contribution in [0.15, 0.2) is 54.6 Å². The molecule has 0 fully saturated rings. The molecule has 26 heavy (non-hydrogen) atoms. The van der Waals surface area contributed by atoms with Gasteiger partial charge in [-0.15, -0.1) is 0 Å². The summed E-state index contributed by atoms with van der Waals surface area (Å²) in [5.41, 5.74) is -0.191. The largest absolute Gasteiger partial charge is 0.491 e. The van der Waals surface area contributed by atoms with Crippen LogP contribution in [0.4, 0.5) is 0 Å². The molecular weight excluding hydrogens is 334 g/mol. The van der Waals surface area contributed by atoms with Gasteiger partial charge in [-0.3, -0.25) is 4.79 Å². The Morgan fingerprint density at radius 2 is 1.85 bits per heavy atom. The van der Waals surface area contributed by atoms with E-state index in [1.165, 1.54) is 6.92 Å². The molecule has 0 aliphatic carbocycles. The zero-order valence-electron chi connectivity index (χ0n) is 14.6. The van der Waals surface area contributed by atoms with Crippen LogP contribution in [0.1, 0.15) is 22.8 Å². The summed E-state index contributed by atoms with van der Waals surface area (Å²) in [5.74, 6) is 0.407. The molecule has 0 radical (unpaired) electrons. The molecule has 2 aromatic rings. The smallest absolute Gasteiger partial charge is 0.251 e. The van der Waals surface area contributed by atoms with E-state index in [0.717, 1.165) is 5.56 Å². The van der Waals surface area contributed by atoms with Gasteiger partial charge >= 0.3 is 0 Å². The van der Waals surface area contributed by atoms with Crippen LogP contribution >= 0.6 is 0 Å². The van der Waals surface area contributed by atoms with Crippen molar-refractivity contribution in [2.24, 2.45) is 0 Å². The third kappa shape index (κ3) is 5.68. The number of aliphatic hydroxyl groups is 2. The van der Waals surface area contributed by atoms with Gasteiger partial charge in [-0.1, -0.05) is 30.3 Å². The van der Waals surface area contributed by atoms with Gasteiger partial charge in [-0.2, -0.15) is 0 Å². The van der Waals surface area contributed by atoms with Crippen molar-refractivity contribution in [1.82, 2.24) is 5.32 Å². The molecule has 0 aliphatic rings. The van der Waals surface area contributed by atoms with E-state index in [-0.39, 0.29) is 18.8 Å². The number of nitrogens with one attached hydrogen (secondary N) is 1. The molecule has 6 heteroatoms. The Labute approximate surface area is 152 Å². The van der Waals surface area contributed by atoms with Gasteiger partial charge in [0.15, 0.2) is 6.29 Å². The predicted octanol–water partition coefficient (Wildman–Crippen LogP) is 1.35. The maximum atomic E-state index is 11.9. The van der Waals surface area contributed by atoms with Crippen LogP contribution in [-0.2, 0) is 11.2 Å². The number of carbonyl (C=O) groups excluding carboxylic acids is 2. The minimum absolute atomic E-state index is 0.109. The monoisotopic (exact) mass is 357 g/mol. The molecule has 2 atom stereocenters. The predicted molar refractivity (Wildman–Crippen MR) is 97.1 cm³/mol. The average molecular weight is 357 g/mol. The first-order valence-electron chi connectivity index (χ1n) is 8.34. The lowest BCUT2D eigenvalue weighted by molar-refractivity contribution is -0.136. The van der Waals surface area contributed by atoms with Gasteiger partial charge in [-0.25, -0.2) is 0 Å². The maximum Gasteiger partial charge on any atom is 0.251 e. The van der Waals surface area contributed by atoms with Crippen LogP contribution < -0.4 is 10.1 Å². The number of ether oxygens (including phenoxy) is 1. The highest BCUT2D eigenvalue weighted by Crippen LogP contribution is 2.15. The fourth-order valence-corrected chi connectivity index (χ4v) is 2.19. The fraction of sp³-hybridized carbons (Fsp3) is 0.300. The lowest BCUT2D eigenvalue weighted by Gasteiger charge is -2.22. The molecule has 0 saturated carbocycles. The van der Waals surface area contributed by atoms with E-state index in [1.54, 1.807) is 24.3 Å². The Balaban J connectivity index is 1.77. The molecule has 0 aliphatic heterocycles. The summed E-state index contributed by atoms with van der Waals surface area (Å²) in [6.07, 6.45) is -0.359. The Morgan fingerprint density at radius 1 is 1.19 bits per heavy atom. The standard InChI is InChI=1S/C20H23NO5/c1-20(25,14-22)18(23)13-26-17-9-7-15(8-10-17)11-12-21-19(24)16-5-3-2-4-6-16/h2-10,14,18,23,25H,11-13H2,1H3,(H,21,24)/t18-,20-/m1/s1. The Hall–Kier alpha value is -2.70. The topological polar surface area (TPSA) is 95.9 Å². The molecule has 6 nitrogen and oxygen atoms in total. The van der Waals surface area contributed by atoms with Gasteiger partial charge in [-0.05, 0) is 43.2 Å². The summed E-state index contributed by atoms with van der Waals surface area (Å²) in [4.78, 5) is 22.6. The normalized spacial score (nSPS) is 14.1. The van der Waals surface area contributed by atoms with E-state index in [2.05, 4.69) is 5.32 Å². The van der Waals surface area contributed by atoms with Crippen LogP contribution in [0.3, 0.4) is 0 Å². The van der Waals surface area contributed by atoms with Crippen molar-refractivity contribution in [3.8, 4) is 5.75 Å². The third-order valence-electron chi connectivity index (χ3n) is 3.98. The summed E-state index contributed by atoms with van der Waals surface area (Å²) in [6, 6.07) is 16.2. The number of rotatable bonds is 9. The summed E-state index contributed by atoms with van der Waals surface area (Å²) in [5, 5.41) is 22.2. The SMILES string of the molecule is C[C@@](O)(C=O)[C@H](O)COc1ccc(CCNC(=O)c2ccccc2)cc1. The second-order valence-corrected chi connectivity index (χ2v) is 6.19. The summed E-state index contributed by atoms with van der Waals surface area (Å²) in [7, 11) is 0. The van der Waals surface area contributed by atoms with Crippen LogP contribution in [0.25, 0.3) is 0 Å². The molecule has 0 spiro atoms. The Morgan fingerprint density at radius 3 is 2.46 bits per heavy atom. The molecule has 2 rings (SSSR count). The number of carbonyl (C=O) groups is 2. The van der Waals surface area contributed by atoms with Gasteiger partial charge in [0.25, 0.3) is 5.91 Å². The van der Waals surface area contributed by atoms with Gasteiger partial charge in [0.2, 0.25) is 0 Å². The molecule has 0 aromatic heterocycles. The first-order valence-corrected chi connectivity index (χ1v) is 8.34. The minimum atomic E-state index is -1.84. The highest BCUT2D eigenvalue weighted by atomic mass is 16.5. The molecule has 0 heterocycles. The van der Waals surface area contributed by atoms with E-state index in [4.69, 9.17) is 4.74 Å². The quantitative estimate of drug-likeness (QED) is 0.589. The zero-order chi connectivity index (χ0) is 19.0. The summed E-state index contributed by atoms with van der Waals surface area (Å²) >= 11 is 0. The van der Waals surface area contributed by atoms with Gasteiger partial charge in [0.1, 0.15) is 24.1 Å². The van der Waals surface area contributed by atoms with Crippen LogP contribution in [0.5, 0.6) is 5.75 Å². The van der Waals surface area contributed by atoms with Crippen molar-refractivity contribution in [2.45, 2.75) is 25.0 Å². The molecule has 2 aromatic carbocycles. The van der Waals surface area contributed by atoms with Crippen LogP contribution in [0.2, 0.25) is 0 Å². The number of amides is 1. The van der Waals surface area contributed by atoms with Gasteiger partial charge < -0.3 is 25.1 Å². The first-order chi connectivity index (χ1) is 12.4. The maximum absolute atomic E-state index is 11.9. The van der Waals surface area contributed by atoms with Gasteiger partial charge in [0, 0.05) is 12.1 Å². The molecule has 0 saturated heterocycles. The van der Waals surface area contributed by atoms with Crippen LogP contribution in [0, 0.1) is 0 Å². The van der Waals surface area contributed by atoms with E-state index in [9.17, 15) is 19.8 Å². The molecule has 0 unspecified atom stereocenters. The van der Waals surface area contributed by atoms with Crippen LogP contribution in [-0.4, -0.2) is 47.3 Å². The first kappa shape index (κ1) is 19.6. The second kappa shape index (κ2) is 9.12. The van der Waals surface area contributed by atoms with Crippen molar-refractivity contribution in [3.63, 3.8) is 0 Å². The van der Waals surface area contributed by atoms with Crippen molar-refractivity contribution >= 4 is 12.2 Å². The number of benzene rings is 2. The third-order valence-corrected chi connectivity index (χ3v) is 3.98. The van der Waals surface area contributed by atoms with Crippen molar-refractivity contribution in [2.75, 3.05) is 13.2 Å². The zero-order valence-corrected chi connectivity index (χ0v) is 14.6. The molecular formula is C20H23NO5. The second-order valence-electron chi connectivity index (χ2n) is 6.19. The average Bonchev–Trinajstić information content (AvgIpc) is 2.67. The highest BCUT2D eigenvalue weighted by Gasteiger charge is 2.30. The Bertz CT molecular complexity index is 713. The van der Waals surface area contributed by atoms with E-state index >= 15 is 0 Å². The van der Waals surface area contributed by atoms with Crippen molar-refractivity contribution in [1.29, 1.82) is 0 Å². The molecule has 3 N–H and O–H groups in total. The lowest BCUT2D eigenvalue weighted by atomic mass is 10.0. The molecule has 1 amide bonds. The Kier molecular flexibility index (Phi) is 6.89.